The lowest BCUT2D eigenvalue weighted by Crippen LogP contribution is -2.41. The van der Waals surface area contributed by atoms with E-state index in [0.717, 1.165) is 0 Å². The van der Waals surface area contributed by atoms with Crippen molar-refractivity contribution < 1.29 is 13.9 Å². The molecule has 0 saturated heterocycles. The first-order valence-electron chi connectivity index (χ1n) is 4.58. The summed E-state index contributed by atoms with van der Waals surface area (Å²) in [5, 5.41) is 2.79. The molecule has 15 heavy (non-hydrogen) atoms. The van der Waals surface area contributed by atoms with Gasteiger partial charge >= 0.3 is 5.97 Å². The molecule has 0 fully saturated rings. The largest absolute Gasteiger partial charge is 0.467 e. The molecule has 0 aliphatic heterocycles. The molecule has 0 aromatic heterocycles. The van der Waals surface area contributed by atoms with Gasteiger partial charge in [0.25, 0.3) is 0 Å². The molecule has 0 spiro atoms. The third-order valence-corrected chi connectivity index (χ3v) is 2.02. The summed E-state index contributed by atoms with van der Waals surface area (Å²) in [7, 11) is 1.30. The lowest BCUT2D eigenvalue weighted by atomic mass is 10.1. The maximum Gasteiger partial charge on any atom is 0.330 e. The number of halogens is 1. The van der Waals surface area contributed by atoms with Crippen LogP contribution in [0.5, 0.6) is 0 Å². The minimum Gasteiger partial charge on any atom is -0.467 e. The fraction of sp³-hybridized carbons (Fsp3) is 0.364. The van der Waals surface area contributed by atoms with Crippen molar-refractivity contribution in [1.29, 1.82) is 0 Å². The number of para-hydroxylation sites is 1. The van der Waals surface area contributed by atoms with E-state index >= 15 is 0 Å². The summed E-state index contributed by atoms with van der Waals surface area (Å²) in [5.74, 6) is -0.833. The zero-order valence-electron chi connectivity index (χ0n) is 9.00. The first-order chi connectivity index (χ1) is 6.97. The van der Waals surface area contributed by atoms with Gasteiger partial charge in [-0.3, -0.25) is 0 Å². The Morgan fingerprint density at radius 1 is 1.40 bits per heavy atom. The van der Waals surface area contributed by atoms with Gasteiger partial charge in [-0.25, -0.2) is 9.18 Å². The molecule has 3 nitrogen and oxygen atoms in total. The van der Waals surface area contributed by atoms with Gasteiger partial charge in [0.05, 0.1) is 12.8 Å². The minimum absolute atomic E-state index is 0.285. The van der Waals surface area contributed by atoms with Crippen LogP contribution in [-0.4, -0.2) is 18.6 Å². The number of rotatable bonds is 3. The van der Waals surface area contributed by atoms with Crippen molar-refractivity contribution in [2.75, 3.05) is 12.4 Å². The van der Waals surface area contributed by atoms with Crippen molar-refractivity contribution in [3.63, 3.8) is 0 Å². The van der Waals surface area contributed by atoms with E-state index in [1.807, 2.05) is 0 Å². The Bertz CT molecular complexity index is 363. The molecule has 0 aliphatic carbocycles. The van der Waals surface area contributed by atoms with Crippen molar-refractivity contribution >= 4 is 11.7 Å². The van der Waals surface area contributed by atoms with Crippen LogP contribution in [0.1, 0.15) is 13.8 Å². The number of ether oxygens (including phenoxy) is 1. The molecule has 1 rings (SSSR count). The van der Waals surface area contributed by atoms with Gasteiger partial charge in [0.15, 0.2) is 0 Å². The number of hydrogen-bond acceptors (Lipinski definition) is 3. The molecule has 82 valence electrons. The van der Waals surface area contributed by atoms with Crippen LogP contribution in [-0.2, 0) is 9.53 Å². The highest BCUT2D eigenvalue weighted by molar-refractivity contribution is 5.83. The molecule has 1 N–H and O–H groups in total. The van der Waals surface area contributed by atoms with Crippen molar-refractivity contribution in [2.24, 2.45) is 0 Å². The minimum atomic E-state index is -0.947. The predicted molar refractivity (Wildman–Crippen MR) is 56.1 cm³/mol. The summed E-state index contributed by atoms with van der Waals surface area (Å²) >= 11 is 0. The van der Waals surface area contributed by atoms with E-state index in [1.165, 1.54) is 13.2 Å². The van der Waals surface area contributed by atoms with Crippen LogP contribution in [0.25, 0.3) is 0 Å². The number of carbonyl (C=O) groups excluding carboxylic acids is 1. The Morgan fingerprint density at radius 3 is 2.53 bits per heavy atom. The Morgan fingerprint density at radius 2 is 2.00 bits per heavy atom. The lowest BCUT2D eigenvalue weighted by Gasteiger charge is -2.24. The van der Waals surface area contributed by atoms with Gasteiger partial charge in [-0.1, -0.05) is 12.1 Å². The van der Waals surface area contributed by atoms with Crippen molar-refractivity contribution in [3.8, 4) is 0 Å². The van der Waals surface area contributed by atoms with Gasteiger partial charge in [0.2, 0.25) is 0 Å². The molecule has 1 aromatic carbocycles. The summed E-state index contributed by atoms with van der Waals surface area (Å²) in [4.78, 5) is 11.3. The maximum absolute atomic E-state index is 13.3. The Balaban J connectivity index is 2.86. The van der Waals surface area contributed by atoms with Gasteiger partial charge < -0.3 is 10.1 Å². The normalized spacial score (nSPS) is 10.9. The highest BCUT2D eigenvalue weighted by Gasteiger charge is 2.28. The van der Waals surface area contributed by atoms with Gasteiger partial charge in [0.1, 0.15) is 11.4 Å². The topological polar surface area (TPSA) is 38.3 Å². The van der Waals surface area contributed by atoms with Gasteiger partial charge in [0, 0.05) is 0 Å². The Labute approximate surface area is 88.2 Å². The number of nitrogens with one attached hydrogen (secondary N) is 1. The average molecular weight is 211 g/mol. The number of benzene rings is 1. The number of hydrogen-bond donors (Lipinski definition) is 1. The molecule has 0 bridgehead atoms. The molecule has 0 amide bonds. The van der Waals surface area contributed by atoms with Crippen LogP contribution in [0.4, 0.5) is 10.1 Å². The monoisotopic (exact) mass is 211 g/mol. The standard InChI is InChI=1S/C11H14FNO2/c1-11(2,10(14)15-3)13-9-7-5-4-6-8(9)12/h4-7,13H,1-3H3. The Hall–Kier alpha value is -1.58. The lowest BCUT2D eigenvalue weighted by molar-refractivity contribution is -0.144. The zero-order chi connectivity index (χ0) is 11.5. The number of esters is 1. The molecule has 0 heterocycles. The summed E-state index contributed by atoms with van der Waals surface area (Å²) in [6, 6.07) is 6.18. The van der Waals surface area contributed by atoms with E-state index in [4.69, 9.17) is 0 Å². The second kappa shape index (κ2) is 4.29. The molecule has 0 saturated carbocycles. The smallest absolute Gasteiger partial charge is 0.330 e. The fourth-order valence-electron chi connectivity index (χ4n) is 1.21. The highest BCUT2D eigenvalue weighted by Crippen LogP contribution is 2.19. The van der Waals surface area contributed by atoms with E-state index in [1.54, 1.807) is 32.0 Å². The van der Waals surface area contributed by atoms with E-state index in [2.05, 4.69) is 10.1 Å². The molecule has 1 aromatic rings. The van der Waals surface area contributed by atoms with Gasteiger partial charge in [-0.05, 0) is 26.0 Å². The predicted octanol–water partition coefficient (Wildman–Crippen LogP) is 2.19. The average Bonchev–Trinajstić information content (AvgIpc) is 2.20. The SMILES string of the molecule is COC(=O)C(C)(C)Nc1ccccc1F. The van der Waals surface area contributed by atoms with Crippen molar-refractivity contribution in [3.05, 3.63) is 30.1 Å². The molecule has 0 aliphatic rings. The highest BCUT2D eigenvalue weighted by atomic mass is 19.1. The number of methoxy groups -OCH3 is 1. The molecule has 0 atom stereocenters. The van der Waals surface area contributed by atoms with Crippen LogP contribution in [0.3, 0.4) is 0 Å². The van der Waals surface area contributed by atoms with E-state index < -0.39 is 17.3 Å². The molecule has 0 unspecified atom stereocenters. The molecular formula is C11H14FNO2. The van der Waals surface area contributed by atoms with Crippen LogP contribution >= 0.6 is 0 Å². The van der Waals surface area contributed by atoms with Crippen LogP contribution in [0, 0.1) is 5.82 Å². The third-order valence-electron chi connectivity index (χ3n) is 2.02. The van der Waals surface area contributed by atoms with E-state index in [9.17, 15) is 9.18 Å². The Kier molecular flexibility index (Phi) is 3.29. The summed E-state index contributed by atoms with van der Waals surface area (Å²) in [6.45, 7) is 3.26. The summed E-state index contributed by atoms with van der Waals surface area (Å²) in [5.41, 5.74) is -0.662. The molecule has 4 heteroatoms. The molecule has 0 radical (unpaired) electrons. The van der Waals surface area contributed by atoms with Crippen LogP contribution in [0.15, 0.2) is 24.3 Å². The number of carbonyl (C=O) groups is 1. The second-order valence-electron chi connectivity index (χ2n) is 3.72. The van der Waals surface area contributed by atoms with Crippen molar-refractivity contribution in [2.45, 2.75) is 19.4 Å². The van der Waals surface area contributed by atoms with E-state index in [0.29, 0.717) is 0 Å². The quantitative estimate of drug-likeness (QED) is 0.779. The number of anilines is 1. The van der Waals surface area contributed by atoms with Crippen LogP contribution < -0.4 is 5.32 Å². The van der Waals surface area contributed by atoms with Crippen molar-refractivity contribution in [1.82, 2.24) is 0 Å². The zero-order valence-corrected chi connectivity index (χ0v) is 9.00. The maximum atomic E-state index is 13.3. The summed E-state index contributed by atoms with van der Waals surface area (Å²) < 4.78 is 17.9. The molecular weight excluding hydrogens is 197 g/mol. The first-order valence-corrected chi connectivity index (χ1v) is 4.58. The fourth-order valence-corrected chi connectivity index (χ4v) is 1.21. The van der Waals surface area contributed by atoms with Gasteiger partial charge in [-0.15, -0.1) is 0 Å². The summed E-state index contributed by atoms with van der Waals surface area (Å²) in [6.07, 6.45) is 0. The van der Waals surface area contributed by atoms with Crippen LogP contribution in [0.2, 0.25) is 0 Å². The second-order valence-corrected chi connectivity index (χ2v) is 3.72. The third kappa shape index (κ3) is 2.68. The van der Waals surface area contributed by atoms with E-state index in [-0.39, 0.29) is 5.69 Å². The van der Waals surface area contributed by atoms with Gasteiger partial charge in [-0.2, -0.15) is 0 Å². The first kappa shape index (κ1) is 11.5.